The van der Waals surface area contributed by atoms with Gasteiger partial charge in [-0.2, -0.15) is 0 Å². The molecule has 2 saturated carbocycles. The first-order valence-electron chi connectivity index (χ1n) is 11.1. The SMILES string of the molecule is O=S(=O)(N[C@@H]1CCCC[C@H]1N(Cc1ccco1)C1CCCCC1)c1ccc(Cl)cc1. The van der Waals surface area contributed by atoms with Gasteiger partial charge in [-0.15, -0.1) is 0 Å². The maximum Gasteiger partial charge on any atom is 0.240 e. The van der Waals surface area contributed by atoms with E-state index in [1.807, 2.05) is 12.1 Å². The number of furan rings is 1. The zero-order chi connectivity index (χ0) is 21.0. The first kappa shape index (κ1) is 21.9. The molecule has 0 saturated heterocycles. The summed E-state index contributed by atoms with van der Waals surface area (Å²) in [6, 6.07) is 10.9. The molecule has 2 aliphatic carbocycles. The van der Waals surface area contributed by atoms with Gasteiger partial charge in [-0.25, -0.2) is 13.1 Å². The van der Waals surface area contributed by atoms with Crippen molar-refractivity contribution >= 4 is 21.6 Å². The molecule has 1 heterocycles. The van der Waals surface area contributed by atoms with Crippen molar-refractivity contribution in [2.24, 2.45) is 0 Å². The molecule has 0 radical (unpaired) electrons. The average Bonchev–Trinajstić information content (AvgIpc) is 3.27. The molecule has 2 aromatic rings. The highest BCUT2D eigenvalue weighted by atomic mass is 35.5. The average molecular weight is 451 g/mol. The van der Waals surface area contributed by atoms with E-state index in [0.717, 1.165) is 38.0 Å². The smallest absolute Gasteiger partial charge is 0.240 e. The Hall–Kier alpha value is -1.34. The summed E-state index contributed by atoms with van der Waals surface area (Å²) < 4.78 is 34.9. The van der Waals surface area contributed by atoms with E-state index in [0.29, 0.717) is 11.1 Å². The third kappa shape index (κ3) is 5.28. The number of rotatable bonds is 7. The van der Waals surface area contributed by atoms with E-state index >= 15 is 0 Å². The lowest BCUT2D eigenvalue weighted by atomic mass is 9.86. The zero-order valence-corrected chi connectivity index (χ0v) is 18.9. The molecule has 0 bridgehead atoms. The summed E-state index contributed by atoms with van der Waals surface area (Å²) in [5.41, 5.74) is 0. The second-order valence-electron chi connectivity index (χ2n) is 8.58. The van der Waals surface area contributed by atoms with E-state index in [2.05, 4.69) is 9.62 Å². The van der Waals surface area contributed by atoms with Crippen LogP contribution in [0, 0.1) is 0 Å². The molecule has 0 unspecified atom stereocenters. The standard InChI is InChI=1S/C23H31ClN2O3S/c24-18-12-14-21(15-13-18)30(27,28)25-22-10-4-5-11-23(22)26(17-20-9-6-16-29-20)19-7-2-1-3-8-19/h6,9,12-16,19,22-23,25H,1-5,7-8,10-11,17H2/t22-,23-/m1/s1. The molecule has 2 fully saturated rings. The number of sulfonamides is 1. The highest BCUT2D eigenvalue weighted by Crippen LogP contribution is 2.32. The monoisotopic (exact) mass is 450 g/mol. The van der Waals surface area contributed by atoms with Crippen LogP contribution in [0.3, 0.4) is 0 Å². The summed E-state index contributed by atoms with van der Waals surface area (Å²) in [6.07, 6.45) is 11.9. The highest BCUT2D eigenvalue weighted by Gasteiger charge is 2.37. The van der Waals surface area contributed by atoms with Crippen LogP contribution in [0.2, 0.25) is 5.02 Å². The molecule has 30 heavy (non-hydrogen) atoms. The summed E-state index contributed by atoms with van der Waals surface area (Å²) in [6.45, 7) is 0.738. The molecule has 2 aliphatic rings. The van der Waals surface area contributed by atoms with Crippen molar-refractivity contribution in [2.45, 2.75) is 87.4 Å². The molecule has 1 aromatic heterocycles. The Kier molecular flexibility index (Phi) is 7.19. The van der Waals surface area contributed by atoms with Crippen LogP contribution in [-0.2, 0) is 16.6 Å². The van der Waals surface area contributed by atoms with Gasteiger partial charge in [0, 0.05) is 23.1 Å². The van der Waals surface area contributed by atoms with Gasteiger partial charge in [0.15, 0.2) is 0 Å². The topological polar surface area (TPSA) is 62.6 Å². The number of halogens is 1. The maximum atomic E-state index is 13.1. The summed E-state index contributed by atoms with van der Waals surface area (Å²) in [5.74, 6) is 0.949. The lowest BCUT2D eigenvalue weighted by molar-refractivity contribution is 0.0517. The summed E-state index contributed by atoms with van der Waals surface area (Å²) in [5, 5.41) is 0.534. The Morgan fingerprint density at radius 2 is 1.67 bits per heavy atom. The van der Waals surface area contributed by atoms with Gasteiger partial charge >= 0.3 is 0 Å². The van der Waals surface area contributed by atoms with Crippen LogP contribution in [0.4, 0.5) is 0 Å². The minimum absolute atomic E-state index is 0.101. The predicted octanol–water partition coefficient (Wildman–Crippen LogP) is 5.36. The minimum Gasteiger partial charge on any atom is -0.468 e. The van der Waals surface area contributed by atoms with E-state index in [-0.39, 0.29) is 17.0 Å². The first-order valence-corrected chi connectivity index (χ1v) is 12.9. The van der Waals surface area contributed by atoms with Gasteiger partial charge in [-0.05, 0) is 62.1 Å². The third-order valence-corrected chi connectivity index (χ3v) is 8.31. The van der Waals surface area contributed by atoms with E-state index in [9.17, 15) is 8.42 Å². The van der Waals surface area contributed by atoms with E-state index < -0.39 is 10.0 Å². The minimum atomic E-state index is -3.59. The highest BCUT2D eigenvalue weighted by molar-refractivity contribution is 7.89. The Balaban J connectivity index is 1.57. The molecule has 1 aromatic carbocycles. The number of nitrogens with zero attached hydrogens (tertiary/aromatic N) is 1. The summed E-state index contributed by atoms with van der Waals surface area (Å²) >= 11 is 5.94. The second-order valence-corrected chi connectivity index (χ2v) is 10.7. The van der Waals surface area contributed by atoms with E-state index in [4.69, 9.17) is 16.0 Å². The van der Waals surface area contributed by atoms with Crippen LogP contribution < -0.4 is 4.72 Å². The lowest BCUT2D eigenvalue weighted by Crippen LogP contribution is -2.56. The van der Waals surface area contributed by atoms with E-state index in [1.54, 1.807) is 30.5 Å². The van der Waals surface area contributed by atoms with Gasteiger partial charge < -0.3 is 4.42 Å². The first-order chi connectivity index (χ1) is 14.5. The van der Waals surface area contributed by atoms with Crippen LogP contribution >= 0.6 is 11.6 Å². The molecule has 2 atom stereocenters. The Bertz CT molecular complexity index is 893. The Morgan fingerprint density at radius 1 is 0.967 bits per heavy atom. The number of hydrogen-bond acceptors (Lipinski definition) is 4. The van der Waals surface area contributed by atoms with Crippen LogP contribution in [0.25, 0.3) is 0 Å². The van der Waals surface area contributed by atoms with Crippen molar-refractivity contribution in [3.8, 4) is 0 Å². The molecule has 4 rings (SSSR count). The number of nitrogens with one attached hydrogen (secondary N) is 1. The second kappa shape index (κ2) is 9.86. The fourth-order valence-electron chi connectivity index (χ4n) is 5.04. The molecule has 1 N–H and O–H groups in total. The predicted molar refractivity (Wildman–Crippen MR) is 119 cm³/mol. The summed E-state index contributed by atoms with van der Waals surface area (Å²) in [7, 11) is -3.59. The number of benzene rings is 1. The van der Waals surface area contributed by atoms with Crippen molar-refractivity contribution in [1.29, 1.82) is 0 Å². The number of hydrogen-bond donors (Lipinski definition) is 1. The van der Waals surface area contributed by atoms with Gasteiger partial charge in [0.1, 0.15) is 5.76 Å². The van der Waals surface area contributed by atoms with Crippen molar-refractivity contribution in [1.82, 2.24) is 9.62 Å². The van der Waals surface area contributed by atoms with Crippen LogP contribution in [-0.4, -0.2) is 31.4 Å². The van der Waals surface area contributed by atoms with Crippen molar-refractivity contribution in [3.05, 3.63) is 53.4 Å². The van der Waals surface area contributed by atoms with Gasteiger partial charge in [-0.3, -0.25) is 4.90 Å². The zero-order valence-electron chi connectivity index (χ0n) is 17.3. The van der Waals surface area contributed by atoms with Crippen molar-refractivity contribution in [2.75, 3.05) is 0 Å². The van der Waals surface area contributed by atoms with Gasteiger partial charge in [0.2, 0.25) is 10.0 Å². The van der Waals surface area contributed by atoms with Crippen molar-refractivity contribution in [3.63, 3.8) is 0 Å². The van der Waals surface area contributed by atoms with Gasteiger partial charge in [0.25, 0.3) is 0 Å². The molecule has 5 nitrogen and oxygen atoms in total. The lowest BCUT2D eigenvalue weighted by Gasteiger charge is -2.45. The molecule has 164 valence electrons. The van der Waals surface area contributed by atoms with Crippen LogP contribution in [0.15, 0.2) is 52.0 Å². The van der Waals surface area contributed by atoms with Crippen LogP contribution in [0.1, 0.15) is 63.5 Å². The quantitative estimate of drug-likeness (QED) is 0.616. The Morgan fingerprint density at radius 3 is 2.37 bits per heavy atom. The maximum absolute atomic E-state index is 13.1. The fourth-order valence-corrected chi connectivity index (χ4v) is 6.47. The fraction of sp³-hybridized carbons (Fsp3) is 0.565. The molecule has 7 heteroatoms. The normalized spacial score (nSPS) is 23.7. The molecule has 0 aliphatic heterocycles. The molecular weight excluding hydrogens is 420 g/mol. The third-order valence-electron chi connectivity index (χ3n) is 6.55. The summed E-state index contributed by atoms with van der Waals surface area (Å²) in [4.78, 5) is 2.80. The largest absolute Gasteiger partial charge is 0.468 e. The van der Waals surface area contributed by atoms with Crippen LogP contribution in [0.5, 0.6) is 0 Å². The molecule has 0 spiro atoms. The van der Waals surface area contributed by atoms with E-state index in [1.165, 1.54) is 32.1 Å². The Labute approximate surface area is 184 Å². The van der Waals surface area contributed by atoms with Gasteiger partial charge in [0.05, 0.1) is 17.7 Å². The van der Waals surface area contributed by atoms with Crippen molar-refractivity contribution < 1.29 is 12.8 Å². The molecular formula is C23H31ClN2O3S. The molecule has 0 amide bonds. The van der Waals surface area contributed by atoms with Gasteiger partial charge in [-0.1, -0.05) is 43.7 Å².